The van der Waals surface area contributed by atoms with E-state index in [0.717, 1.165) is 17.5 Å². The third-order valence-corrected chi connectivity index (χ3v) is 3.72. The van der Waals surface area contributed by atoms with Gasteiger partial charge in [0.2, 0.25) is 17.8 Å². The van der Waals surface area contributed by atoms with Crippen LogP contribution in [0.15, 0.2) is 37.2 Å². The third kappa shape index (κ3) is 2.26. The zero-order valence-electron chi connectivity index (χ0n) is 13.5. The van der Waals surface area contributed by atoms with E-state index >= 15 is 0 Å². The van der Waals surface area contributed by atoms with E-state index in [1.54, 1.807) is 18.6 Å². The van der Waals surface area contributed by atoms with Crippen LogP contribution in [0.1, 0.15) is 17.5 Å². The molecule has 0 saturated carbocycles. The minimum atomic E-state index is 0.492. The quantitative estimate of drug-likeness (QED) is 0.565. The Labute approximate surface area is 137 Å². The van der Waals surface area contributed by atoms with Crippen LogP contribution in [0.25, 0.3) is 17.8 Å². The van der Waals surface area contributed by atoms with Crippen molar-refractivity contribution in [2.24, 2.45) is 0 Å². The maximum absolute atomic E-state index is 4.57. The minimum absolute atomic E-state index is 0.492. The molecular formula is C15H15N9. The van der Waals surface area contributed by atoms with Crippen LogP contribution in [-0.2, 0) is 0 Å². The fraction of sp³-hybridized carbons (Fsp3) is 0.200. The molecule has 4 rings (SSSR count). The molecule has 24 heavy (non-hydrogen) atoms. The summed E-state index contributed by atoms with van der Waals surface area (Å²) in [6, 6.07) is 0. The fourth-order valence-corrected chi connectivity index (χ4v) is 2.43. The third-order valence-electron chi connectivity index (χ3n) is 3.72. The molecule has 9 nitrogen and oxygen atoms in total. The molecule has 0 aliphatic carbocycles. The van der Waals surface area contributed by atoms with Gasteiger partial charge in [-0.25, -0.2) is 15.0 Å². The Bertz CT molecular complexity index is 866. The molecule has 0 aliphatic rings. The summed E-state index contributed by atoms with van der Waals surface area (Å²) in [5.74, 6) is 3.86. The molecule has 0 fully saturated rings. The normalized spacial score (nSPS) is 11.1. The van der Waals surface area contributed by atoms with E-state index in [4.69, 9.17) is 0 Å². The van der Waals surface area contributed by atoms with Crippen molar-refractivity contribution in [1.29, 1.82) is 0 Å². The fourth-order valence-electron chi connectivity index (χ4n) is 2.43. The first-order valence-electron chi connectivity index (χ1n) is 7.40. The molecule has 9 heteroatoms. The average Bonchev–Trinajstić information content (AvgIpc) is 3.28. The summed E-state index contributed by atoms with van der Waals surface area (Å²) in [5, 5.41) is 0. The standard InChI is InChI=1S/C15H15N9/c1-10-16-4-7-22(10)13-19-14(23-8-5-17-11(23)2)21-15(20-13)24-9-6-18-12(24)3/h4-9H,1-3H3. The van der Waals surface area contributed by atoms with Crippen LogP contribution >= 0.6 is 0 Å². The second kappa shape index (κ2) is 5.37. The molecule has 0 atom stereocenters. The lowest BCUT2D eigenvalue weighted by molar-refractivity contribution is 0.769. The smallest absolute Gasteiger partial charge is 0.241 e. The van der Waals surface area contributed by atoms with Gasteiger partial charge in [-0.15, -0.1) is 0 Å². The van der Waals surface area contributed by atoms with Crippen LogP contribution in [0.2, 0.25) is 0 Å². The number of rotatable bonds is 3. The molecule has 0 saturated heterocycles. The second-order valence-corrected chi connectivity index (χ2v) is 5.27. The number of aryl methyl sites for hydroxylation is 3. The van der Waals surface area contributed by atoms with Crippen molar-refractivity contribution < 1.29 is 0 Å². The predicted octanol–water partition coefficient (Wildman–Crippen LogP) is 1.35. The summed E-state index contributed by atoms with van der Waals surface area (Å²) in [6.45, 7) is 5.69. The molecule has 0 N–H and O–H groups in total. The van der Waals surface area contributed by atoms with Crippen LogP contribution in [0.3, 0.4) is 0 Å². The first-order valence-corrected chi connectivity index (χ1v) is 7.40. The van der Waals surface area contributed by atoms with Crippen LogP contribution in [0.5, 0.6) is 0 Å². The van der Waals surface area contributed by atoms with Crippen molar-refractivity contribution in [3.05, 3.63) is 54.7 Å². The largest absolute Gasteiger partial charge is 0.272 e. The molecule has 0 amide bonds. The number of hydrogen-bond acceptors (Lipinski definition) is 6. The van der Waals surface area contributed by atoms with Gasteiger partial charge in [-0.1, -0.05) is 0 Å². The summed E-state index contributed by atoms with van der Waals surface area (Å²) < 4.78 is 5.44. The van der Waals surface area contributed by atoms with Gasteiger partial charge in [0.25, 0.3) is 0 Å². The number of hydrogen-bond donors (Lipinski definition) is 0. The Morgan fingerprint density at radius 1 is 0.542 bits per heavy atom. The molecular weight excluding hydrogens is 306 g/mol. The van der Waals surface area contributed by atoms with Crippen molar-refractivity contribution >= 4 is 0 Å². The van der Waals surface area contributed by atoms with Crippen LogP contribution in [0.4, 0.5) is 0 Å². The molecule has 120 valence electrons. The Balaban J connectivity index is 1.97. The van der Waals surface area contributed by atoms with Crippen molar-refractivity contribution in [3.63, 3.8) is 0 Å². The number of nitrogens with zero attached hydrogens (tertiary/aromatic N) is 9. The summed E-state index contributed by atoms with van der Waals surface area (Å²) >= 11 is 0. The molecule has 0 aliphatic heterocycles. The van der Waals surface area contributed by atoms with Gasteiger partial charge in [-0.3, -0.25) is 13.7 Å². The number of aromatic nitrogens is 9. The van der Waals surface area contributed by atoms with E-state index in [2.05, 4.69) is 29.9 Å². The zero-order valence-corrected chi connectivity index (χ0v) is 13.5. The Hall–Kier alpha value is -3.36. The summed E-state index contributed by atoms with van der Waals surface area (Å²) in [5.41, 5.74) is 0. The molecule has 0 bridgehead atoms. The Kier molecular flexibility index (Phi) is 3.19. The molecule has 4 aromatic rings. The Morgan fingerprint density at radius 3 is 1.04 bits per heavy atom. The second-order valence-electron chi connectivity index (χ2n) is 5.27. The van der Waals surface area contributed by atoms with E-state index in [9.17, 15) is 0 Å². The molecule has 0 spiro atoms. The van der Waals surface area contributed by atoms with E-state index in [1.165, 1.54) is 0 Å². The molecule has 0 unspecified atom stereocenters. The molecule has 0 aromatic carbocycles. The van der Waals surface area contributed by atoms with Crippen molar-refractivity contribution in [2.45, 2.75) is 20.8 Å². The van der Waals surface area contributed by atoms with Crippen molar-refractivity contribution in [2.75, 3.05) is 0 Å². The highest BCUT2D eigenvalue weighted by molar-refractivity contribution is 5.29. The van der Waals surface area contributed by atoms with Gasteiger partial charge in [-0.2, -0.15) is 15.0 Å². The van der Waals surface area contributed by atoms with E-state index in [-0.39, 0.29) is 0 Å². The molecule has 4 aromatic heterocycles. The first-order chi connectivity index (χ1) is 11.6. The summed E-state index contributed by atoms with van der Waals surface area (Å²) in [6.07, 6.45) is 10.6. The average molecular weight is 321 g/mol. The number of imidazole rings is 3. The van der Waals surface area contributed by atoms with Gasteiger partial charge in [0.15, 0.2) is 0 Å². The maximum atomic E-state index is 4.57. The van der Waals surface area contributed by atoms with Gasteiger partial charge in [0.05, 0.1) is 0 Å². The monoisotopic (exact) mass is 321 g/mol. The van der Waals surface area contributed by atoms with Gasteiger partial charge >= 0.3 is 0 Å². The SMILES string of the molecule is Cc1nccn1-c1nc(-n2ccnc2C)nc(-n2ccnc2C)n1. The molecule has 0 radical (unpaired) electrons. The predicted molar refractivity (Wildman–Crippen MR) is 85.4 cm³/mol. The van der Waals surface area contributed by atoms with Gasteiger partial charge < -0.3 is 0 Å². The first kappa shape index (κ1) is 14.2. The lowest BCUT2D eigenvalue weighted by Crippen LogP contribution is -2.14. The highest BCUT2D eigenvalue weighted by Crippen LogP contribution is 2.13. The van der Waals surface area contributed by atoms with Gasteiger partial charge in [0, 0.05) is 37.2 Å². The minimum Gasteiger partial charge on any atom is -0.272 e. The van der Waals surface area contributed by atoms with E-state index in [1.807, 2.05) is 53.1 Å². The highest BCUT2D eigenvalue weighted by atomic mass is 15.3. The van der Waals surface area contributed by atoms with E-state index < -0.39 is 0 Å². The lowest BCUT2D eigenvalue weighted by Gasteiger charge is -2.10. The topological polar surface area (TPSA) is 92.1 Å². The van der Waals surface area contributed by atoms with Crippen molar-refractivity contribution in [3.8, 4) is 17.8 Å². The highest BCUT2D eigenvalue weighted by Gasteiger charge is 2.14. The van der Waals surface area contributed by atoms with Gasteiger partial charge in [-0.05, 0) is 20.8 Å². The summed E-state index contributed by atoms with van der Waals surface area (Å²) in [4.78, 5) is 26.4. The van der Waals surface area contributed by atoms with Crippen LogP contribution in [0, 0.1) is 20.8 Å². The van der Waals surface area contributed by atoms with Crippen molar-refractivity contribution in [1.82, 2.24) is 43.6 Å². The molecule has 4 heterocycles. The lowest BCUT2D eigenvalue weighted by atomic mass is 10.6. The van der Waals surface area contributed by atoms with Crippen LogP contribution < -0.4 is 0 Å². The summed E-state index contributed by atoms with van der Waals surface area (Å²) in [7, 11) is 0. The van der Waals surface area contributed by atoms with E-state index in [0.29, 0.717) is 17.8 Å². The van der Waals surface area contributed by atoms with Crippen LogP contribution in [-0.4, -0.2) is 43.6 Å². The maximum Gasteiger partial charge on any atom is 0.241 e. The zero-order chi connectivity index (χ0) is 16.7. The Morgan fingerprint density at radius 2 is 0.833 bits per heavy atom. The van der Waals surface area contributed by atoms with Gasteiger partial charge in [0.1, 0.15) is 17.5 Å².